The van der Waals surface area contributed by atoms with Crippen LogP contribution < -0.4 is 19.3 Å². The number of rotatable bonds is 9. The number of hydroxylamine groups is 2. The summed E-state index contributed by atoms with van der Waals surface area (Å²) < 4.78 is 11.9. The number of likely N-dealkylation sites (tertiary alicyclic amines) is 1. The van der Waals surface area contributed by atoms with Gasteiger partial charge in [0.1, 0.15) is 18.2 Å². The zero-order chi connectivity index (χ0) is 31.3. The van der Waals surface area contributed by atoms with Gasteiger partial charge in [-0.05, 0) is 64.0 Å². The molecule has 1 aromatic heterocycles. The normalized spacial score (nSPS) is 20.4. The number of likely N-dealkylation sites (N-methyl/N-ethyl adjacent to an activating group) is 1. The Balaban J connectivity index is 1.27. The number of nitriles is 1. The van der Waals surface area contributed by atoms with Gasteiger partial charge in [0.05, 0.1) is 50.0 Å². The van der Waals surface area contributed by atoms with Crippen molar-refractivity contribution < 1.29 is 19.1 Å². The summed E-state index contributed by atoms with van der Waals surface area (Å²) in [6, 6.07) is 17.8. The highest BCUT2D eigenvalue weighted by Crippen LogP contribution is 2.35. The minimum absolute atomic E-state index is 0.214. The first-order valence-electron chi connectivity index (χ1n) is 15.7. The van der Waals surface area contributed by atoms with Crippen molar-refractivity contribution in [3.8, 4) is 17.8 Å². The molecule has 4 heterocycles. The van der Waals surface area contributed by atoms with Crippen LogP contribution in [-0.2, 0) is 17.8 Å². The summed E-state index contributed by atoms with van der Waals surface area (Å²) >= 11 is 0. The maximum Gasteiger partial charge on any atom is 0.357 e. The molecule has 236 valence electrons. The summed E-state index contributed by atoms with van der Waals surface area (Å²) in [7, 11) is 3.83. The lowest BCUT2D eigenvalue weighted by Crippen LogP contribution is -2.54. The number of methoxy groups -OCH3 is 1. The van der Waals surface area contributed by atoms with Gasteiger partial charge in [-0.1, -0.05) is 24.3 Å². The predicted molar refractivity (Wildman–Crippen MR) is 170 cm³/mol. The number of carbonyl (C=O) groups is 1. The summed E-state index contributed by atoms with van der Waals surface area (Å²) in [6.07, 6.45) is 3.23. The van der Waals surface area contributed by atoms with Crippen LogP contribution in [0, 0.1) is 18.3 Å². The molecule has 0 N–H and O–H groups in total. The summed E-state index contributed by atoms with van der Waals surface area (Å²) in [4.78, 5) is 35.5. The molecule has 2 fully saturated rings. The highest BCUT2D eigenvalue weighted by Gasteiger charge is 2.34. The molecular weight excluding hydrogens is 570 g/mol. The SMILES string of the molecule is COc1cccc(N2CCc3c(nc(OC[C@@H]4CCCN4C)nc3N3CCN(OC(=O)c4ccccc4)[C@@H](CC#N)C3)C2)c1C. The van der Waals surface area contributed by atoms with Gasteiger partial charge in [-0.15, -0.1) is 5.06 Å². The molecule has 0 saturated carbocycles. The molecule has 0 unspecified atom stereocenters. The van der Waals surface area contributed by atoms with Crippen LogP contribution in [0.25, 0.3) is 0 Å². The van der Waals surface area contributed by atoms with Gasteiger partial charge in [-0.2, -0.15) is 15.2 Å². The number of aromatic nitrogens is 2. The zero-order valence-electron chi connectivity index (χ0n) is 26.3. The molecule has 0 aliphatic carbocycles. The van der Waals surface area contributed by atoms with Crippen molar-refractivity contribution in [2.24, 2.45) is 0 Å². The number of ether oxygens (including phenoxy) is 2. The van der Waals surface area contributed by atoms with Crippen molar-refractivity contribution in [2.75, 3.05) is 63.3 Å². The predicted octanol–water partition coefficient (Wildman–Crippen LogP) is 4.01. The Morgan fingerprint density at radius 2 is 1.87 bits per heavy atom. The smallest absolute Gasteiger partial charge is 0.357 e. The fourth-order valence-corrected chi connectivity index (χ4v) is 6.60. The Labute approximate surface area is 264 Å². The van der Waals surface area contributed by atoms with Gasteiger partial charge in [-0.3, -0.25) is 0 Å². The molecule has 0 spiro atoms. The van der Waals surface area contributed by atoms with Gasteiger partial charge in [0.2, 0.25) is 0 Å². The number of anilines is 2. The van der Waals surface area contributed by atoms with Gasteiger partial charge in [-0.25, -0.2) is 4.79 Å². The first kappa shape index (κ1) is 30.6. The molecule has 0 radical (unpaired) electrons. The van der Waals surface area contributed by atoms with E-state index in [1.807, 2.05) is 18.2 Å². The van der Waals surface area contributed by atoms with Crippen LogP contribution in [0.1, 0.15) is 46.4 Å². The molecule has 2 aromatic carbocycles. The van der Waals surface area contributed by atoms with E-state index in [4.69, 9.17) is 24.3 Å². The van der Waals surface area contributed by atoms with Crippen molar-refractivity contribution in [1.82, 2.24) is 19.9 Å². The van der Waals surface area contributed by atoms with E-state index >= 15 is 0 Å². The van der Waals surface area contributed by atoms with E-state index < -0.39 is 5.97 Å². The maximum atomic E-state index is 12.9. The summed E-state index contributed by atoms with van der Waals surface area (Å²) in [6.45, 7) is 6.63. The van der Waals surface area contributed by atoms with Gasteiger partial charge in [0.15, 0.2) is 0 Å². The number of carbonyl (C=O) groups excluding carboxylic acids is 1. The van der Waals surface area contributed by atoms with Crippen LogP contribution >= 0.6 is 0 Å². The van der Waals surface area contributed by atoms with Gasteiger partial charge >= 0.3 is 12.0 Å². The quantitative estimate of drug-likeness (QED) is 0.350. The number of hydrogen-bond donors (Lipinski definition) is 0. The van der Waals surface area contributed by atoms with Crippen molar-refractivity contribution >= 4 is 17.5 Å². The standard InChI is InChI=1S/C34H41N7O4/c1-24-30(12-7-13-31(24)43-3)39-18-15-28-29(22-39)36-34(44-23-27-11-8-17-38(27)2)37-32(28)40-19-20-41(26(21-40)14-16-35)45-33(42)25-9-5-4-6-10-25/h4-7,9-10,12-13,26-27H,8,11,14-15,17-23H2,1-3H3/t26-,27-/m0/s1. The Bertz CT molecular complexity index is 1550. The van der Waals surface area contributed by atoms with E-state index in [1.54, 1.807) is 36.4 Å². The van der Waals surface area contributed by atoms with Crippen LogP contribution in [0.2, 0.25) is 0 Å². The van der Waals surface area contributed by atoms with E-state index in [0.29, 0.717) is 50.4 Å². The lowest BCUT2D eigenvalue weighted by atomic mass is 10.0. The maximum absolute atomic E-state index is 12.9. The molecule has 3 aliphatic rings. The Morgan fingerprint density at radius 3 is 2.62 bits per heavy atom. The van der Waals surface area contributed by atoms with Crippen molar-refractivity contribution in [3.63, 3.8) is 0 Å². The van der Waals surface area contributed by atoms with Crippen LogP contribution in [0.5, 0.6) is 11.8 Å². The topological polar surface area (TPSA) is 107 Å². The molecule has 0 bridgehead atoms. The van der Waals surface area contributed by atoms with Crippen LogP contribution in [0.4, 0.5) is 11.5 Å². The lowest BCUT2D eigenvalue weighted by molar-refractivity contribution is -0.140. The van der Waals surface area contributed by atoms with Crippen molar-refractivity contribution in [3.05, 3.63) is 70.9 Å². The minimum Gasteiger partial charge on any atom is -0.496 e. The summed E-state index contributed by atoms with van der Waals surface area (Å²) in [5.74, 6) is 1.28. The Kier molecular flexibility index (Phi) is 9.33. The summed E-state index contributed by atoms with van der Waals surface area (Å²) in [5, 5.41) is 11.3. The molecule has 3 aromatic rings. The average Bonchev–Trinajstić information content (AvgIpc) is 3.48. The second-order valence-corrected chi connectivity index (χ2v) is 12.0. The highest BCUT2D eigenvalue weighted by atomic mass is 16.7. The van der Waals surface area contributed by atoms with Gasteiger partial charge in [0.25, 0.3) is 0 Å². The van der Waals surface area contributed by atoms with Crippen molar-refractivity contribution in [2.45, 2.75) is 51.2 Å². The Hall–Kier alpha value is -4.40. The first-order valence-corrected chi connectivity index (χ1v) is 15.7. The second kappa shape index (κ2) is 13.7. The minimum atomic E-state index is -0.424. The van der Waals surface area contributed by atoms with E-state index in [-0.39, 0.29) is 12.5 Å². The first-order chi connectivity index (χ1) is 21.9. The molecule has 11 nitrogen and oxygen atoms in total. The fourth-order valence-electron chi connectivity index (χ4n) is 6.60. The monoisotopic (exact) mass is 611 g/mol. The van der Waals surface area contributed by atoms with Crippen LogP contribution in [0.3, 0.4) is 0 Å². The van der Waals surface area contributed by atoms with E-state index in [2.05, 4.69) is 40.8 Å². The lowest BCUT2D eigenvalue weighted by Gasteiger charge is -2.41. The third-order valence-corrected chi connectivity index (χ3v) is 9.18. The Morgan fingerprint density at radius 1 is 1.02 bits per heavy atom. The third-order valence-electron chi connectivity index (χ3n) is 9.18. The van der Waals surface area contributed by atoms with Gasteiger partial charge < -0.3 is 29.0 Å². The molecule has 3 aliphatic heterocycles. The van der Waals surface area contributed by atoms with E-state index in [1.165, 1.54) is 0 Å². The zero-order valence-corrected chi connectivity index (χ0v) is 26.3. The molecule has 45 heavy (non-hydrogen) atoms. The van der Waals surface area contributed by atoms with Gasteiger partial charge in [0, 0.05) is 42.5 Å². The number of benzene rings is 2. The number of fused-ring (bicyclic) bond motifs is 1. The molecular formula is C34H41N7O4. The molecule has 0 amide bonds. The largest absolute Gasteiger partial charge is 0.496 e. The molecule has 11 heteroatoms. The van der Waals surface area contributed by atoms with E-state index in [0.717, 1.165) is 66.4 Å². The number of piperazine rings is 1. The van der Waals surface area contributed by atoms with Crippen LogP contribution in [0.15, 0.2) is 48.5 Å². The molecule has 2 saturated heterocycles. The van der Waals surface area contributed by atoms with E-state index in [9.17, 15) is 10.1 Å². The van der Waals surface area contributed by atoms with Crippen molar-refractivity contribution in [1.29, 1.82) is 5.26 Å². The average molecular weight is 612 g/mol. The summed E-state index contributed by atoms with van der Waals surface area (Å²) in [5.41, 5.74) is 4.74. The fraction of sp³-hybridized carbons (Fsp3) is 0.471. The number of nitrogens with zero attached hydrogens (tertiary/aromatic N) is 7. The molecule has 2 atom stereocenters. The second-order valence-electron chi connectivity index (χ2n) is 12.0. The third kappa shape index (κ3) is 6.67. The van der Waals surface area contributed by atoms with Crippen LogP contribution in [-0.4, -0.2) is 91.5 Å². The highest BCUT2D eigenvalue weighted by molar-refractivity contribution is 5.89. The molecule has 6 rings (SSSR count). The number of hydrogen-bond acceptors (Lipinski definition) is 11.